The highest BCUT2D eigenvalue weighted by Gasteiger charge is 2.41. The molecule has 4 nitrogen and oxygen atoms in total. The minimum atomic E-state index is -0.701. The second kappa shape index (κ2) is 3.96. The van der Waals surface area contributed by atoms with Crippen LogP contribution in [0.5, 0.6) is 0 Å². The summed E-state index contributed by atoms with van der Waals surface area (Å²) in [6, 6.07) is 1.74. The van der Waals surface area contributed by atoms with Crippen molar-refractivity contribution >= 4 is 5.97 Å². The maximum Gasteiger partial charge on any atom is 0.310 e. The first kappa shape index (κ1) is 10.1. The van der Waals surface area contributed by atoms with Crippen LogP contribution in [0.2, 0.25) is 0 Å². The van der Waals surface area contributed by atoms with Crippen LogP contribution in [0.4, 0.5) is 0 Å². The molecule has 1 saturated carbocycles. The molecular formula is C11H14N2O2. The molecule has 1 heterocycles. The zero-order valence-corrected chi connectivity index (χ0v) is 8.52. The van der Waals surface area contributed by atoms with Crippen LogP contribution in [0, 0.1) is 5.41 Å². The summed E-state index contributed by atoms with van der Waals surface area (Å²) in [7, 11) is 0. The molecule has 0 aliphatic heterocycles. The third-order valence-electron chi connectivity index (χ3n) is 3.13. The molecule has 0 radical (unpaired) electrons. The van der Waals surface area contributed by atoms with E-state index in [0.717, 1.165) is 25.7 Å². The molecule has 15 heavy (non-hydrogen) atoms. The largest absolute Gasteiger partial charge is 0.481 e. The zero-order chi connectivity index (χ0) is 10.7. The molecular weight excluding hydrogens is 192 g/mol. The van der Waals surface area contributed by atoms with Gasteiger partial charge in [-0.2, -0.15) is 0 Å². The average Bonchev–Trinajstić information content (AvgIpc) is 2.69. The summed E-state index contributed by atoms with van der Waals surface area (Å²) in [6.45, 7) is 0. The Kier molecular flexibility index (Phi) is 2.66. The maximum absolute atomic E-state index is 11.3. The van der Waals surface area contributed by atoms with E-state index < -0.39 is 11.4 Å². The number of hydrogen-bond donors (Lipinski definition) is 1. The van der Waals surface area contributed by atoms with E-state index in [1.54, 1.807) is 18.5 Å². The van der Waals surface area contributed by atoms with E-state index in [4.69, 9.17) is 0 Å². The van der Waals surface area contributed by atoms with Crippen LogP contribution in [-0.4, -0.2) is 21.0 Å². The van der Waals surface area contributed by atoms with Gasteiger partial charge < -0.3 is 5.11 Å². The minimum Gasteiger partial charge on any atom is -0.481 e. The predicted molar refractivity (Wildman–Crippen MR) is 54.3 cm³/mol. The lowest BCUT2D eigenvalue weighted by Crippen LogP contribution is -2.30. The summed E-state index contributed by atoms with van der Waals surface area (Å²) in [6.07, 6.45) is 7.28. The highest BCUT2D eigenvalue weighted by molar-refractivity contribution is 5.75. The fourth-order valence-electron chi connectivity index (χ4n) is 2.24. The molecule has 0 spiro atoms. The lowest BCUT2D eigenvalue weighted by Gasteiger charge is -2.22. The molecule has 1 aromatic heterocycles. The van der Waals surface area contributed by atoms with Crippen molar-refractivity contribution in [2.24, 2.45) is 5.41 Å². The van der Waals surface area contributed by atoms with Crippen LogP contribution in [0.15, 0.2) is 18.5 Å². The molecule has 0 bridgehead atoms. The molecule has 1 N–H and O–H groups in total. The maximum atomic E-state index is 11.3. The Morgan fingerprint density at radius 3 is 2.47 bits per heavy atom. The Morgan fingerprint density at radius 1 is 1.33 bits per heavy atom. The number of aliphatic carboxylic acids is 1. The monoisotopic (exact) mass is 206 g/mol. The molecule has 1 aliphatic rings. The standard InChI is InChI=1S/C11H14N2O2/c14-10(15)11(4-1-2-5-11)8-9-12-6-3-7-13-9/h3,6-7H,1-2,4-5,8H2,(H,14,15). The van der Waals surface area contributed by atoms with Crippen molar-refractivity contribution in [2.75, 3.05) is 0 Å². The normalized spacial score (nSPS) is 18.9. The van der Waals surface area contributed by atoms with Gasteiger partial charge >= 0.3 is 5.97 Å². The summed E-state index contributed by atoms with van der Waals surface area (Å²) < 4.78 is 0. The van der Waals surface area contributed by atoms with Gasteiger partial charge in [0.15, 0.2) is 0 Å². The van der Waals surface area contributed by atoms with Crippen molar-refractivity contribution < 1.29 is 9.90 Å². The number of carboxylic acids is 1. The molecule has 1 aliphatic carbocycles. The molecule has 2 rings (SSSR count). The molecule has 0 aromatic carbocycles. The second-order valence-electron chi connectivity index (χ2n) is 4.13. The van der Waals surface area contributed by atoms with Gasteiger partial charge in [0.05, 0.1) is 5.41 Å². The second-order valence-corrected chi connectivity index (χ2v) is 4.13. The van der Waals surface area contributed by atoms with Crippen LogP contribution >= 0.6 is 0 Å². The van der Waals surface area contributed by atoms with E-state index in [1.165, 1.54) is 0 Å². The molecule has 0 saturated heterocycles. The number of rotatable bonds is 3. The SMILES string of the molecule is O=C(O)C1(Cc2ncccn2)CCCC1. The summed E-state index contributed by atoms with van der Waals surface area (Å²) >= 11 is 0. The molecule has 0 amide bonds. The zero-order valence-electron chi connectivity index (χ0n) is 8.52. The fourth-order valence-corrected chi connectivity index (χ4v) is 2.24. The van der Waals surface area contributed by atoms with E-state index >= 15 is 0 Å². The highest BCUT2D eigenvalue weighted by atomic mass is 16.4. The van der Waals surface area contributed by atoms with E-state index in [9.17, 15) is 9.90 Å². The Hall–Kier alpha value is -1.45. The lowest BCUT2D eigenvalue weighted by atomic mass is 9.82. The first-order valence-electron chi connectivity index (χ1n) is 5.22. The highest BCUT2D eigenvalue weighted by Crippen LogP contribution is 2.40. The number of carbonyl (C=O) groups is 1. The van der Waals surface area contributed by atoms with Crippen molar-refractivity contribution in [2.45, 2.75) is 32.1 Å². The molecule has 1 fully saturated rings. The van der Waals surface area contributed by atoms with E-state index in [2.05, 4.69) is 9.97 Å². The number of nitrogens with zero attached hydrogens (tertiary/aromatic N) is 2. The van der Waals surface area contributed by atoms with Gasteiger partial charge in [-0.05, 0) is 18.9 Å². The van der Waals surface area contributed by atoms with Gasteiger partial charge in [0, 0.05) is 18.8 Å². The molecule has 4 heteroatoms. The Labute approximate surface area is 88.4 Å². The quantitative estimate of drug-likeness (QED) is 0.817. The summed E-state index contributed by atoms with van der Waals surface area (Å²) in [5, 5.41) is 9.27. The van der Waals surface area contributed by atoms with Crippen molar-refractivity contribution in [3.8, 4) is 0 Å². The van der Waals surface area contributed by atoms with Gasteiger partial charge in [-0.15, -0.1) is 0 Å². The Balaban J connectivity index is 2.18. The molecule has 1 aromatic rings. The third-order valence-corrected chi connectivity index (χ3v) is 3.13. The molecule has 0 atom stereocenters. The van der Waals surface area contributed by atoms with Crippen LogP contribution < -0.4 is 0 Å². The Bertz CT molecular complexity index is 345. The third kappa shape index (κ3) is 1.98. The van der Waals surface area contributed by atoms with Crippen LogP contribution in [0.25, 0.3) is 0 Å². The van der Waals surface area contributed by atoms with Gasteiger partial charge in [0.2, 0.25) is 0 Å². The number of aromatic nitrogens is 2. The topological polar surface area (TPSA) is 63.1 Å². The van der Waals surface area contributed by atoms with Gasteiger partial charge in [0.25, 0.3) is 0 Å². The smallest absolute Gasteiger partial charge is 0.310 e. The van der Waals surface area contributed by atoms with E-state index in [0.29, 0.717) is 12.2 Å². The summed E-state index contributed by atoms with van der Waals surface area (Å²) in [5.74, 6) is -0.0609. The van der Waals surface area contributed by atoms with Crippen LogP contribution in [-0.2, 0) is 11.2 Å². The van der Waals surface area contributed by atoms with Gasteiger partial charge in [-0.25, -0.2) is 9.97 Å². The first-order valence-corrected chi connectivity index (χ1v) is 5.22. The minimum absolute atomic E-state index is 0.461. The van der Waals surface area contributed by atoms with Gasteiger partial charge in [-0.1, -0.05) is 12.8 Å². The molecule has 0 unspecified atom stereocenters. The van der Waals surface area contributed by atoms with Crippen LogP contribution in [0.3, 0.4) is 0 Å². The summed E-state index contributed by atoms with van der Waals surface area (Å²) in [4.78, 5) is 19.5. The molecule has 80 valence electrons. The van der Waals surface area contributed by atoms with E-state index in [1.807, 2.05) is 0 Å². The van der Waals surface area contributed by atoms with Gasteiger partial charge in [-0.3, -0.25) is 4.79 Å². The van der Waals surface area contributed by atoms with Crippen molar-refractivity contribution in [3.63, 3.8) is 0 Å². The van der Waals surface area contributed by atoms with Crippen molar-refractivity contribution in [3.05, 3.63) is 24.3 Å². The fraction of sp³-hybridized carbons (Fsp3) is 0.545. The van der Waals surface area contributed by atoms with Gasteiger partial charge in [0.1, 0.15) is 5.82 Å². The van der Waals surface area contributed by atoms with Crippen LogP contribution in [0.1, 0.15) is 31.5 Å². The average molecular weight is 206 g/mol. The number of carboxylic acid groups (broad SMARTS) is 1. The van der Waals surface area contributed by atoms with Crippen molar-refractivity contribution in [1.82, 2.24) is 9.97 Å². The first-order chi connectivity index (χ1) is 7.23. The van der Waals surface area contributed by atoms with Crippen molar-refractivity contribution in [1.29, 1.82) is 0 Å². The lowest BCUT2D eigenvalue weighted by molar-refractivity contribution is -0.148. The number of hydrogen-bond acceptors (Lipinski definition) is 3. The predicted octanol–water partition coefficient (Wildman–Crippen LogP) is 1.66. The van der Waals surface area contributed by atoms with E-state index in [-0.39, 0.29) is 0 Å². The summed E-state index contributed by atoms with van der Waals surface area (Å²) in [5.41, 5.74) is -0.610. The Morgan fingerprint density at radius 2 is 1.93 bits per heavy atom.